The fraction of sp³-hybridized carbons (Fsp3) is 0. The van der Waals surface area contributed by atoms with Crippen LogP contribution in [0.4, 0.5) is 35.1 Å². The summed E-state index contributed by atoms with van der Waals surface area (Å²) in [5.41, 5.74) is 7.60. The molecule has 0 aliphatic rings. The first kappa shape index (κ1) is 40.1. The van der Waals surface area contributed by atoms with Gasteiger partial charge in [0.1, 0.15) is 0 Å². The topological polar surface area (TPSA) is 51.6 Å². The van der Waals surface area contributed by atoms with Gasteiger partial charge >= 0.3 is 0 Å². The van der Waals surface area contributed by atoms with Crippen molar-refractivity contribution < 1.29 is 35.1 Å². The molecule has 8 aromatic rings. The maximum Gasteiger partial charge on any atom is 0.198 e. The summed E-state index contributed by atoms with van der Waals surface area (Å²) in [7, 11) is 0. The predicted octanol–water partition coefficient (Wildman–Crippen LogP) is 12.5. The third-order valence-corrected chi connectivity index (χ3v) is 12.9. The molecule has 2 aromatic heterocycles. The van der Waals surface area contributed by atoms with E-state index in [1.165, 1.54) is 90.4 Å². The molecule has 52 heavy (non-hydrogen) atoms. The van der Waals surface area contributed by atoms with E-state index in [0.29, 0.717) is 0 Å². The smallest absolute Gasteiger partial charge is 0.198 e. The van der Waals surface area contributed by atoms with Gasteiger partial charge in [-0.3, -0.25) is 0 Å². The molecule has 0 saturated carbocycles. The van der Waals surface area contributed by atoms with Crippen molar-refractivity contribution in [2.24, 2.45) is 0 Å². The molecule has 0 saturated heterocycles. The number of rotatable bonds is 0. The highest BCUT2D eigenvalue weighted by atomic mass is 127. The van der Waals surface area contributed by atoms with E-state index in [-0.39, 0.29) is 14.3 Å². The van der Waals surface area contributed by atoms with Gasteiger partial charge in [-0.2, -0.15) is 0 Å². The Bertz CT molecular complexity index is 2000. The summed E-state index contributed by atoms with van der Waals surface area (Å²) >= 11 is 5.63. The summed E-state index contributed by atoms with van der Waals surface area (Å²) in [6.45, 7) is 0. The van der Waals surface area contributed by atoms with Crippen LogP contribution in [0.15, 0.2) is 97.1 Å². The Hall–Kier alpha value is -3.12. The van der Waals surface area contributed by atoms with Gasteiger partial charge in [0.15, 0.2) is 46.5 Å². The molecule has 0 atom stereocenters. The molecule has 0 bridgehead atoms. The Morgan fingerprint density at radius 2 is 0.385 bits per heavy atom. The molecule has 0 N–H and O–H groups in total. The van der Waals surface area contributed by atoms with Gasteiger partial charge in [0.05, 0.1) is 58.4 Å². The summed E-state index contributed by atoms with van der Waals surface area (Å²) in [5, 5.41) is 0. The molecule has 0 aliphatic carbocycles. The Kier molecular flexibility index (Phi) is 13.7. The minimum atomic E-state index is -1.77. The predicted molar refractivity (Wildman–Crippen MR) is 218 cm³/mol. The highest BCUT2D eigenvalue weighted by Crippen LogP contribution is 2.27. The largest absolute Gasteiger partial charge is 0.245 e. The quantitative estimate of drug-likeness (QED) is 0.0499. The zero-order valence-electron chi connectivity index (χ0n) is 25.6. The van der Waals surface area contributed by atoms with Crippen LogP contribution in [-0.4, -0.2) is 19.9 Å². The molecule has 16 heteroatoms. The number of fused-ring (bicyclic) bond motifs is 4. The van der Waals surface area contributed by atoms with E-state index in [2.05, 4.69) is 19.9 Å². The SMILES string of the molecule is Fc1c(F)c(F)c(I)c(I)c1F.Fc1c(F)c(F)c(I)c(I)c1F.c1ccc2nc3ccccc3nc2c1.c1ccc2nc3ccccc3nc2c1. The minimum Gasteiger partial charge on any atom is -0.245 e. The first-order chi connectivity index (χ1) is 24.8. The second-order valence-electron chi connectivity index (χ2n) is 10.2. The highest BCUT2D eigenvalue weighted by Gasteiger charge is 2.23. The average molecular weight is 1160 g/mol. The van der Waals surface area contributed by atoms with Crippen molar-refractivity contribution in [3.63, 3.8) is 0 Å². The van der Waals surface area contributed by atoms with Crippen LogP contribution < -0.4 is 0 Å². The third-order valence-electron chi connectivity index (χ3n) is 6.80. The lowest BCUT2D eigenvalue weighted by Crippen LogP contribution is -2.02. The summed E-state index contributed by atoms with van der Waals surface area (Å²) < 4.78 is 99.3. The number of benzene rings is 6. The number of hydrogen-bond acceptors (Lipinski definition) is 4. The Labute approximate surface area is 344 Å². The van der Waals surface area contributed by atoms with E-state index in [0.717, 1.165) is 44.1 Å². The first-order valence-corrected chi connectivity index (χ1v) is 18.7. The van der Waals surface area contributed by atoms with Crippen LogP contribution >= 0.6 is 90.4 Å². The molecule has 0 radical (unpaired) electrons. The van der Waals surface area contributed by atoms with Crippen molar-refractivity contribution in [3.05, 3.63) is 158 Å². The summed E-state index contributed by atoms with van der Waals surface area (Å²) in [5.74, 6) is -12.5. The van der Waals surface area contributed by atoms with Crippen LogP contribution in [0.3, 0.4) is 0 Å². The maximum absolute atomic E-state index is 12.6. The van der Waals surface area contributed by atoms with Crippen molar-refractivity contribution in [1.82, 2.24) is 19.9 Å². The van der Waals surface area contributed by atoms with Gasteiger partial charge in [0, 0.05) is 0 Å². The van der Waals surface area contributed by atoms with Gasteiger partial charge in [0.25, 0.3) is 0 Å². The Balaban J connectivity index is 0.000000135. The molecule has 2 heterocycles. The Morgan fingerprint density at radius 3 is 0.519 bits per heavy atom. The molecule has 0 fully saturated rings. The zero-order chi connectivity index (χ0) is 37.7. The van der Waals surface area contributed by atoms with E-state index in [1.807, 2.05) is 97.1 Å². The lowest BCUT2D eigenvalue weighted by Gasteiger charge is -2.02. The van der Waals surface area contributed by atoms with Crippen molar-refractivity contribution in [3.8, 4) is 0 Å². The molecular formula is C36H16F8I4N4. The van der Waals surface area contributed by atoms with Crippen LogP contribution in [0.5, 0.6) is 0 Å². The fourth-order valence-corrected chi connectivity index (χ4v) is 6.18. The highest BCUT2D eigenvalue weighted by molar-refractivity contribution is 14.1. The summed E-state index contributed by atoms with van der Waals surface area (Å²) in [4.78, 5) is 18.1. The van der Waals surface area contributed by atoms with Gasteiger partial charge in [-0.25, -0.2) is 55.1 Å². The number of aromatic nitrogens is 4. The van der Waals surface area contributed by atoms with Crippen molar-refractivity contribution in [2.75, 3.05) is 0 Å². The van der Waals surface area contributed by atoms with E-state index in [1.54, 1.807) is 0 Å². The maximum atomic E-state index is 12.6. The van der Waals surface area contributed by atoms with Gasteiger partial charge in [-0.05, 0) is 139 Å². The van der Waals surface area contributed by atoms with E-state index in [4.69, 9.17) is 0 Å². The number of hydrogen-bond donors (Lipinski definition) is 0. The molecule has 0 unspecified atom stereocenters. The van der Waals surface area contributed by atoms with E-state index >= 15 is 0 Å². The summed E-state index contributed by atoms with van der Waals surface area (Å²) in [6, 6.07) is 31.7. The van der Waals surface area contributed by atoms with E-state index < -0.39 is 46.5 Å². The third kappa shape index (κ3) is 8.97. The van der Waals surface area contributed by atoms with Gasteiger partial charge in [0.2, 0.25) is 0 Å². The van der Waals surface area contributed by atoms with Gasteiger partial charge < -0.3 is 0 Å². The lowest BCUT2D eigenvalue weighted by atomic mass is 10.2. The number of halogens is 12. The summed E-state index contributed by atoms with van der Waals surface area (Å²) in [6.07, 6.45) is 0. The fourth-order valence-electron chi connectivity index (χ4n) is 4.29. The lowest BCUT2D eigenvalue weighted by molar-refractivity contribution is 0.402. The molecule has 6 aromatic carbocycles. The minimum absolute atomic E-state index is 0.246. The molecular weight excluding hydrogens is 1150 g/mol. The monoisotopic (exact) mass is 1160 g/mol. The molecule has 0 spiro atoms. The van der Waals surface area contributed by atoms with Crippen molar-refractivity contribution >= 4 is 134 Å². The first-order valence-electron chi connectivity index (χ1n) is 14.4. The van der Waals surface area contributed by atoms with Crippen LogP contribution in [0, 0.1) is 60.8 Å². The second-order valence-corrected chi connectivity index (χ2v) is 14.5. The van der Waals surface area contributed by atoms with Gasteiger partial charge in [-0.1, -0.05) is 48.5 Å². The van der Waals surface area contributed by atoms with Crippen molar-refractivity contribution in [2.45, 2.75) is 0 Å². The molecule has 264 valence electrons. The molecule has 0 amide bonds. The molecule has 8 rings (SSSR count). The van der Waals surface area contributed by atoms with Gasteiger partial charge in [-0.15, -0.1) is 0 Å². The van der Waals surface area contributed by atoms with Crippen LogP contribution in [-0.2, 0) is 0 Å². The average Bonchev–Trinajstić information content (AvgIpc) is 3.18. The number of para-hydroxylation sites is 8. The zero-order valence-corrected chi connectivity index (χ0v) is 34.2. The second kappa shape index (κ2) is 17.8. The van der Waals surface area contributed by atoms with E-state index in [9.17, 15) is 35.1 Å². The standard InChI is InChI=1S/2C12H8N2.2C6F4I2/c2*1-2-6-10-9(5-1)13-11-7-3-4-8-12(11)14-10;2*7-1-2(8)4(10)6(12)5(11)3(1)9/h2*1-8H;;. The molecule has 4 nitrogen and oxygen atoms in total. The van der Waals surface area contributed by atoms with Crippen LogP contribution in [0.25, 0.3) is 44.1 Å². The Morgan fingerprint density at radius 1 is 0.250 bits per heavy atom. The molecule has 0 aliphatic heterocycles. The normalized spacial score (nSPS) is 10.7. The number of nitrogens with zero attached hydrogens (tertiary/aromatic N) is 4. The van der Waals surface area contributed by atoms with Crippen LogP contribution in [0.2, 0.25) is 0 Å². The van der Waals surface area contributed by atoms with Crippen LogP contribution in [0.1, 0.15) is 0 Å². The van der Waals surface area contributed by atoms with Crippen molar-refractivity contribution in [1.29, 1.82) is 0 Å².